The summed E-state index contributed by atoms with van der Waals surface area (Å²) in [6.45, 7) is 13.6. The summed E-state index contributed by atoms with van der Waals surface area (Å²) in [4.78, 5) is 29.0. The highest BCUT2D eigenvalue weighted by atomic mass is 16.6. The van der Waals surface area contributed by atoms with E-state index in [9.17, 15) is 9.59 Å². The molecule has 3 heterocycles. The van der Waals surface area contributed by atoms with Crippen LogP contribution in [0.1, 0.15) is 86.8 Å². The van der Waals surface area contributed by atoms with Crippen LogP contribution in [0.25, 0.3) is 22.2 Å². The van der Waals surface area contributed by atoms with Crippen LogP contribution in [0.2, 0.25) is 0 Å². The summed E-state index contributed by atoms with van der Waals surface area (Å²) in [5.41, 5.74) is 5.65. The third-order valence-electron chi connectivity index (χ3n) is 7.15. The second-order valence-corrected chi connectivity index (χ2v) is 11.5. The Morgan fingerprint density at radius 2 is 1.81 bits per heavy atom. The molecular weight excluding hydrogens is 450 g/mol. The van der Waals surface area contributed by atoms with Crippen LogP contribution >= 0.6 is 0 Å². The fourth-order valence-corrected chi connectivity index (χ4v) is 5.38. The predicted molar refractivity (Wildman–Crippen MR) is 143 cm³/mol. The van der Waals surface area contributed by atoms with Crippen LogP contribution < -0.4 is 5.32 Å². The van der Waals surface area contributed by atoms with Gasteiger partial charge >= 0.3 is 6.09 Å². The first-order valence-corrected chi connectivity index (χ1v) is 13.2. The molecule has 0 radical (unpaired) electrons. The van der Waals surface area contributed by atoms with Crippen LogP contribution in [-0.2, 0) is 17.8 Å². The van der Waals surface area contributed by atoms with Gasteiger partial charge in [-0.3, -0.25) is 9.69 Å². The molecule has 6 nitrogen and oxygen atoms in total. The summed E-state index contributed by atoms with van der Waals surface area (Å²) in [6, 6.07) is 12.5. The number of carbonyl (C=O) groups is 2. The lowest BCUT2D eigenvalue weighted by atomic mass is 9.92. The van der Waals surface area contributed by atoms with Gasteiger partial charge in [-0.15, -0.1) is 0 Å². The number of nitrogens with one attached hydrogen (secondary N) is 1. The van der Waals surface area contributed by atoms with E-state index in [0.717, 1.165) is 47.2 Å². The molecule has 2 aromatic carbocycles. The SMILES string of the molecule is CC(C)c1cc2c(c(-c3cc4cc(CN5CCCCC5)ccc4n3C(=O)OC(C)(C)C)c1)C(=O)NC2. The van der Waals surface area contributed by atoms with Crippen molar-refractivity contribution in [3.8, 4) is 11.3 Å². The van der Waals surface area contributed by atoms with Gasteiger partial charge in [-0.25, -0.2) is 9.36 Å². The average Bonchev–Trinajstić information content (AvgIpc) is 3.38. The Labute approximate surface area is 213 Å². The average molecular weight is 488 g/mol. The first-order chi connectivity index (χ1) is 17.1. The summed E-state index contributed by atoms with van der Waals surface area (Å²) in [7, 11) is 0. The number of fused-ring (bicyclic) bond motifs is 2. The molecular formula is C30H37N3O3. The number of rotatable bonds is 4. The van der Waals surface area contributed by atoms with E-state index in [4.69, 9.17) is 4.74 Å². The van der Waals surface area contributed by atoms with Gasteiger partial charge in [0.1, 0.15) is 5.60 Å². The van der Waals surface area contributed by atoms with Gasteiger partial charge in [0.2, 0.25) is 0 Å². The normalized spacial score (nSPS) is 16.4. The number of benzene rings is 2. The Morgan fingerprint density at radius 3 is 2.50 bits per heavy atom. The Bertz CT molecular complexity index is 1320. The zero-order chi connectivity index (χ0) is 25.6. The largest absolute Gasteiger partial charge is 0.443 e. The Kier molecular flexibility index (Phi) is 6.41. The Balaban J connectivity index is 1.67. The van der Waals surface area contributed by atoms with Crippen molar-refractivity contribution < 1.29 is 14.3 Å². The lowest BCUT2D eigenvalue weighted by molar-refractivity contribution is 0.0547. The second kappa shape index (κ2) is 9.40. The maximum Gasteiger partial charge on any atom is 0.419 e. The molecule has 36 heavy (non-hydrogen) atoms. The van der Waals surface area contributed by atoms with Gasteiger partial charge in [0.05, 0.1) is 16.8 Å². The highest BCUT2D eigenvalue weighted by Crippen LogP contribution is 2.37. The number of amides is 1. The van der Waals surface area contributed by atoms with Crippen molar-refractivity contribution in [2.75, 3.05) is 13.1 Å². The zero-order valence-corrected chi connectivity index (χ0v) is 22.1. The minimum atomic E-state index is -0.641. The van der Waals surface area contributed by atoms with E-state index in [-0.39, 0.29) is 5.91 Å². The molecule has 0 saturated carbocycles. The molecule has 0 atom stereocenters. The number of ether oxygens (including phenoxy) is 1. The molecule has 6 heteroatoms. The molecule has 3 aromatic rings. The highest BCUT2D eigenvalue weighted by Gasteiger charge is 2.29. The van der Waals surface area contributed by atoms with E-state index in [1.165, 1.54) is 24.8 Å². The molecule has 2 aliphatic heterocycles. The first-order valence-electron chi connectivity index (χ1n) is 13.2. The third kappa shape index (κ3) is 4.79. The minimum absolute atomic E-state index is 0.0953. The fraction of sp³-hybridized carbons (Fsp3) is 0.467. The van der Waals surface area contributed by atoms with E-state index in [0.29, 0.717) is 23.7 Å². The molecule has 0 unspecified atom stereocenters. The standard InChI is InChI=1S/C30H37N3O3/c1-19(2)21-14-23-17-31-28(34)27(23)24(15-21)26-16-22-13-20(18-32-11-7-6-8-12-32)9-10-25(22)33(26)29(35)36-30(3,4)5/h9-10,13-16,19H,6-8,11-12,17-18H2,1-5H3,(H,31,34). The maximum atomic E-state index is 13.6. The fourth-order valence-electron chi connectivity index (χ4n) is 5.38. The Hall–Kier alpha value is -3.12. The lowest BCUT2D eigenvalue weighted by Crippen LogP contribution is -2.29. The molecule has 190 valence electrons. The van der Waals surface area contributed by atoms with Gasteiger partial charge in [-0.1, -0.05) is 32.4 Å². The van der Waals surface area contributed by atoms with Crippen LogP contribution in [-0.4, -0.2) is 40.2 Å². The van der Waals surface area contributed by atoms with Crippen molar-refractivity contribution in [3.05, 3.63) is 58.7 Å². The molecule has 0 aliphatic carbocycles. The smallest absolute Gasteiger partial charge is 0.419 e. The van der Waals surface area contributed by atoms with Crippen LogP contribution in [0.3, 0.4) is 0 Å². The van der Waals surface area contributed by atoms with Crippen molar-refractivity contribution in [1.29, 1.82) is 0 Å². The minimum Gasteiger partial charge on any atom is -0.443 e. The Morgan fingerprint density at radius 1 is 1.06 bits per heavy atom. The van der Waals surface area contributed by atoms with Crippen LogP contribution in [0.15, 0.2) is 36.4 Å². The molecule has 1 saturated heterocycles. The van der Waals surface area contributed by atoms with Gasteiger partial charge in [-0.2, -0.15) is 0 Å². The summed E-state index contributed by atoms with van der Waals surface area (Å²) in [5.74, 6) is 0.197. The monoisotopic (exact) mass is 487 g/mol. The molecule has 1 aromatic heterocycles. The van der Waals surface area contributed by atoms with Crippen LogP contribution in [0.4, 0.5) is 4.79 Å². The molecule has 0 spiro atoms. The van der Waals surface area contributed by atoms with E-state index in [1.807, 2.05) is 32.9 Å². The number of aromatic nitrogens is 1. The molecule has 0 bridgehead atoms. The van der Waals surface area contributed by atoms with Gasteiger partial charge in [0.15, 0.2) is 0 Å². The van der Waals surface area contributed by atoms with Crippen molar-refractivity contribution >= 4 is 22.9 Å². The molecule has 1 N–H and O–H groups in total. The van der Waals surface area contributed by atoms with E-state index >= 15 is 0 Å². The van der Waals surface area contributed by atoms with Crippen molar-refractivity contribution in [2.45, 2.75) is 78.5 Å². The number of nitrogens with zero attached hydrogens (tertiary/aromatic N) is 2. The molecule has 1 amide bonds. The number of hydrogen-bond donors (Lipinski definition) is 1. The quantitative estimate of drug-likeness (QED) is 0.460. The third-order valence-corrected chi connectivity index (χ3v) is 7.15. The van der Waals surface area contributed by atoms with Gasteiger partial charge < -0.3 is 10.1 Å². The highest BCUT2D eigenvalue weighted by molar-refractivity contribution is 6.07. The second-order valence-electron chi connectivity index (χ2n) is 11.5. The van der Waals surface area contributed by atoms with Crippen molar-refractivity contribution in [3.63, 3.8) is 0 Å². The summed E-state index contributed by atoms with van der Waals surface area (Å²) in [6.07, 6.45) is 3.38. The summed E-state index contributed by atoms with van der Waals surface area (Å²) >= 11 is 0. The molecule has 2 aliphatic rings. The van der Waals surface area contributed by atoms with Gasteiger partial charge in [-0.05, 0) is 93.6 Å². The summed E-state index contributed by atoms with van der Waals surface area (Å²) in [5, 5.41) is 3.95. The molecule has 1 fully saturated rings. The van der Waals surface area contributed by atoms with E-state index in [2.05, 4.69) is 48.3 Å². The lowest BCUT2D eigenvalue weighted by Gasteiger charge is -2.26. The topological polar surface area (TPSA) is 63.6 Å². The van der Waals surface area contributed by atoms with E-state index in [1.54, 1.807) is 4.57 Å². The van der Waals surface area contributed by atoms with Crippen molar-refractivity contribution in [2.24, 2.45) is 0 Å². The number of hydrogen-bond acceptors (Lipinski definition) is 4. The van der Waals surface area contributed by atoms with E-state index < -0.39 is 11.7 Å². The first kappa shape index (κ1) is 24.6. The van der Waals surface area contributed by atoms with Gasteiger partial charge in [0.25, 0.3) is 5.91 Å². The van der Waals surface area contributed by atoms with Gasteiger partial charge in [0, 0.05) is 24.0 Å². The summed E-state index contributed by atoms with van der Waals surface area (Å²) < 4.78 is 7.49. The maximum absolute atomic E-state index is 13.6. The number of likely N-dealkylation sites (tertiary alicyclic amines) is 1. The number of carbonyl (C=O) groups excluding carboxylic acids is 2. The predicted octanol–water partition coefficient (Wildman–Crippen LogP) is 6.44. The molecule has 5 rings (SSSR count). The van der Waals surface area contributed by atoms with Crippen molar-refractivity contribution in [1.82, 2.24) is 14.8 Å². The number of piperidine rings is 1. The zero-order valence-electron chi connectivity index (χ0n) is 22.1. The van der Waals surface area contributed by atoms with Crippen LogP contribution in [0, 0.1) is 0 Å². The van der Waals surface area contributed by atoms with Crippen LogP contribution in [0.5, 0.6) is 0 Å².